The van der Waals surface area contributed by atoms with Crippen LogP contribution in [-0.2, 0) is 4.74 Å². The van der Waals surface area contributed by atoms with E-state index in [1.165, 1.54) is 11.3 Å². The lowest BCUT2D eigenvalue weighted by Gasteiger charge is -2.31. The van der Waals surface area contributed by atoms with Crippen LogP contribution in [0.4, 0.5) is 0 Å². The zero-order chi connectivity index (χ0) is 12.3. The first-order valence-corrected chi connectivity index (χ1v) is 7.21. The van der Waals surface area contributed by atoms with Crippen molar-refractivity contribution in [1.82, 2.24) is 4.90 Å². The number of thiophene rings is 1. The monoisotopic (exact) mass is 271 g/mol. The lowest BCUT2D eigenvalue weighted by atomic mass is 10.1. The van der Waals surface area contributed by atoms with E-state index < -0.39 is 0 Å². The number of thiol groups is 1. The van der Waals surface area contributed by atoms with Crippen molar-refractivity contribution in [3.05, 3.63) is 16.3 Å². The van der Waals surface area contributed by atoms with Crippen LogP contribution >= 0.6 is 24.0 Å². The molecule has 1 aromatic rings. The fourth-order valence-corrected chi connectivity index (χ4v) is 3.17. The average Bonchev–Trinajstić information content (AvgIpc) is 2.76. The number of carbonyl (C=O) groups is 1. The van der Waals surface area contributed by atoms with Crippen LogP contribution in [-0.4, -0.2) is 36.6 Å². The van der Waals surface area contributed by atoms with Gasteiger partial charge in [0.25, 0.3) is 5.91 Å². The van der Waals surface area contributed by atoms with Gasteiger partial charge in [-0.05, 0) is 25.8 Å². The number of rotatable bonds is 3. The molecule has 1 fully saturated rings. The molecule has 17 heavy (non-hydrogen) atoms. The molecule has 1 aromatic heterocycles. The van der Waals surface area contributed by atoms with Crippen LogP contribution in [0.1, 0.15) is 29.4 Å². The topological polar surface area (TPSA) is 29.5 Å². The molecule has 0 aromatic carbocycles. The highest BCUT2D eigenvalue weighted by atomic mass is 32.1. The Bertz CT molecular complexity index is 384. The summed E-state index contributed by atoms with van der Waals surface area (Å²) in [6, 6.07) is 1.84. The van der Waals surface area contributed by atoms with Gasteiger partial charge in [0.2, 0.25) is 0 Å². The van der Waals surface area contributed by atoms with Crippen molar-refractivity contribution in [2.24, 2.45) is 0 Å². The molecule has 0 N–H and O–H groups in total. The summed E-state index contributed by atoms with van der Waals surface area (Å²) in [4.78, 5) is 15.7. The highest BCUT2D eigenvalue weighted by molar-refractivity contribution is 7.80. The average molecular weight is 271 g/mol. The van der Waals surface area contributed by atoms with E-state index in [-0.39, 0.29) is 5.91 Å². The molecule has 1 aliphatic heterocycles. The van der Waals surface area contributed by atoms with Crippen molar-refractivity contribution in [3.8, 4) is 0 Å². The van der Waals surface area contributed by atoms with Crippen molar-refractivity contribution >= 4 is 29.9 Å². The quantitative estimate of drug-likeness (QED) is 0.857. The van der Waals surface area contributed by atoms with Crippen LogP contribution < -0.4 is 0 Å². The van der Waals surface area contributed by atoms with E-state index in [4.69, 9.17) is 4.74 Å². The lowest BCUT2D eigenvalue weighted by molar-refractivity contribution is 0.0147. The standard InChI is InChI=1S/C12H17NO2S2/c1-2-15-9-3-5-13(6-4-9)12(14)11-7-10(16)8-17-11/h7-9,16H,2-6H2,1H3. The first-order chi connectivity index (χ1) is 8.20. The van der Waals surface area contributed by atoms with Crippen LogP contribution in [0, 0.1) is 0 Å². The molecule has 0 atom stereocenters. The zero-order valence-electron chi connectivity index (χ0n) is 9.89. The Morgan fingerprint density at radius 1 is 1.59 bits per heavy atom. The number of piperidine rings is 1. The van der Waals surface area contributed by atoms with E-state index in [1.807, 2.05) is 23.3 Å². The molecule has 1 amide bonds. The maximum atomic E-state index is 12.1. The van der Waals surface area contributed by atoms with E-state index in [9.17, 15) is 4.79 Å². The Labute approximate surface area is 111 Å². The van der Waals surface area contributed by atoms with Gasteiger partial charge in [0.15, 0.2) is 0 Å². The highest BCUT2D eigenvalue weighted by Gasteiger charge is 2.24. The second kappa shape index (κ2) is 5.89. The molecule has 0 radical (unpaired) electrons. The Morgan fingerprint density at radius 2 is 2.29 bits per heavy atom. The van der Waals surface area contributed by atoms with Crippen molar-refractivity contribution < 1.29 is 9.53 Å². The fourth-order valence-electron chi connectivity index (χ4n) is 2.06. The molecule has 5 heteroatoms. The summed E-state index contributed by atoms with van der Waals surface area (Å²) in [6.45, 7) is 4.36. The lowest BCUT2D eigenvalue weighted by Crippen LogP contribution is -2.40. The van der Waals surface area contributed by atoms with Crippen LogP contribution in [0.15, 0.2) is 16.3 Å². The second-order valence-electron chi connectivity index (χ2n) is 4.12. The number of hydrogen-bond acceptors (Lipinski definition) is 4. The normalized spacial score (nSPS) is 17.4. The largest absolute Gasteiger partial charge is 0.378 e. The summed E-state index contributed by atoms with van der Waals surface area (Å²) in [6.07, 6.45) is 2.21. The molecule has 94 valence electrons. The van der Waals surface area contributed by atoms with Crippen LogP contribution in [0.3, 0.4) is 0 Å². The van der Waals surface area contributed by atoms with Gasteiger partial charge in [-0.25, -0.2) is 0 Å². The molecule has 0 saturated carbocycles. The number of ether oxygens (including phenoxy) is 1. The molecular formula is C12H17NO2S2. The molecular weight excluding hydrogens is 254 g/mol. The molecule has 0 unspecified atom stereocenters. The maximum absolute atomic E-state index is 12.1. The van der Waals surface area contributed by atoms with Gasteiger partial charge in [-0.3, -0.25) is 4.79 Å². The number of amides is 1. The van der Waals surface area contributed by atoms with Gasteiger partial charge in [-0.15, -0.1) is 24.0 Å². The highest BCUT2D eigenvalue weighted by Crippen LogP contribution is 2.22. The minimum atomic E-state index is 0.130. The van der Waals surface area contributed by atoms with Crippen LogP contribution in [0.25, 0.3) is 0 Å². The Balaban J connectivity index is 1.90. The van der Waals surface area contributed by atoms with Gasteiger partial charge >= 0.3 is 0 Å². The Hall–Kier alpha value is -0.520. The predicted molar refractivity (Wildman–Crippen MR) is 72.1 cm³/mol. The van der Waals surface area contributed by atoms with E-state index in [0.29, 0.717) is 6.10 Å². The van der Waals surface area contributed by atoms with Gasteiger partial charge in [-0.2, -0.15) is 0 Å². The molecule has 0 spiro atoms. The summed E-state index contributed by atoms with van der Waals surface area (Å²) in [5.74, 6) is 0.130. The minimum absolute atomic E-state index is 0.130. The van der Waals surface area contributed by atoms with Crippen molar-refractivity contribution in [2.75, 3.05) is 19.7 Å². The second-order valence-corrected chi connectivity index (χ2v) is 5.54. The van der Waals surface area contributed by atoms with Gasteiger partial charge in [0.1, 0.15) is 0 Å². The van der Waals surface area contributed by atoms with Crippen LogP contribution in [0.2, 0.25) is 0 Å². The van der Waals surface area contributed by atoms with Gasteiger partial charge in [0, 0.05) is 30.0 Å². The van der Waals surface area contributed by atoms with E-state index >= 15 is 0 Å². The SMILES string of the molecule is CCOC1CCN(C(=O)c2cc(S)cs2)CC1. The molecule has 2 heterocycles. The van der Waals surface area contributed by atoms with Gasteiger partial charge in [0.05, 0.1) is 11.0 Å². The third-order valence-electron chi connectivity index (χ3n) is 2.93. The van der Waals surface area contributed by atoms with E-state index in [2.05, 4.69) is 12.6 Å². The summed E-state index contributed by atoms with van der Waals surface area (Å²) in [5.41, 5.74) is 0. The maximum Gasteiger partial charge on any atom is 0.263 e. The number of carbonyl (C=O) groups excluding carboxylic acids is 1. The third-order valence-corrected chi connectivity index (χ3v) is 4.28. The molecule has 0 bridgehead atoms. The molecule has 1 saturated heterocycles. The third kappa shape index (κ3) is 3.24. The molecule has 1 aliphatic rings. The smallest absolute Gasteiger partial charge is 0.263 e. The first-order valence-electron chi connectivity index (χ1n) is 5.89. The summed E-state index contributed by atoms with van der Waals surface area (Å²) >= 11 is 5.69. The Kier molecular flexibility index (Phi) is 4.48. The number of hydrogen-bond donors (Lipinski definition) is 1. The van der Waals surface area contributed by atoms with E-state index in [1.54, 1.807) is 0 Å². The molecule has 3 nitrogen and oxygen atoms in total. The van der Waals surface area contributed by atoms with E-state index in [0.717, 1.165) is 42.3 Å². The number of nitrogens with zero attached hydrogens (tertiary/aromatic N) is 1. The molecule has 2 rings (SSSR count). The predicted octanol–water partition coefficient (Wildman–Crippen LogP) is 2.68. The van der Waals surface area contributed by atoms with Crippen molar-refractivity contribution in [1.29, 1.82) is 0 Å². The van der Waals surface area contributed by atoms with Gasteiger partial charge < -0.3 is 9.64 Å². The molecule has 0 aliphatic carbocycles. The minimum Gasteiger partial charge on any atom is -0.378 e. The van der Waals surface area contributed by atoms with Crippen molar-refractivity contribution in [2.45, 2.75) is 30.8 Å². The summed E-state index contributed by atoms with van der Waals surface area (Å²) < 4.78 is 5.57. The zero-order valence-corrected chi connectivity index (χ0v) is 11.6. The number of likely N-dealkylation sites (tertiary alicyclic amines) is 1. The first kappa shape index (κ1) is 12.9. The van der Waals surface area contributed by atoms with Crippen LogP contribution in [0.5, 0.6) is 0 Å². The summed E-state index contributed by atoms with van der Waals surface area (Å²) in [5, 5.41) is 1.89. The summed E-state index contributed by atoms with van der Waals surface area (Å²) in [7, 11) is 0. The fraction of sp³-hybridized carbons (Fsp3) is 0.583. The van der Waals surface area contributed by atoms with Gasteiger partial charge in [-0.1, -0.05) is 0 Å². The van der Waals surface area contributed by atoms with Crippen molar-refractivity contribution in [3.63, 3.8) is 0 Å². The Morgan fingerprint density at radius 3 is 2.82 bits per heavy atom.